The quantitative estimate of drug-likeness (QED) is 0.262. The fourth-order valence-corrected chi connectivity index (χ4v) is 3.56. The molecule has 0 spiro atoms. The minimum absolute atomic E-state index is 0.0418. The third-order valence-corrected chi connectivity index (χ3v) is 5.48. The van der Waals surface area contributed by atoms with E-state index in [-0.39, 0.29) is 28.6 Å². The van der Waals surface area contributed by atoms with Crippen LogP contribution in [0.5, 0.6) is 11.5 Å². The maximum absolute atomic E-state index is 12.4. The summed E-state index contributed by atoms with van der Waals surface area (Å²) < 4.78 is 0. The van der Waals surface area contributed by atoms with E-state index >= 15 is 0 Å². The Labute approximate surface area is 158 Å². The zero-order valence-electron chi connectivity index (χ0n) is 15.8. The number of Topliss-reactive ketones (excluding diaryl/α,β-unsaturated/α-hetero) is 1. The molecule has 146 valence electrons. The number of phenols is 2. The summed E-state index contributed by atoms with van der Waals surface area (Å²) in [5.41, 5.74) is 0.480. The normalized spacial score (nSPS) is 22.2. The molecule has 6 heteroatoms. The summed E-state index contributed by atoms with van der Waals surface area (Å²) in [6, 6.07) is 3.54. The topological polar surface area (TPSA) is 115 Å². The van der Waals surface area contributed by atoms with Crippen LogP contribution < -0.4 is 0 Å². The first-order chi connectivity index (χ1) is 12.5. The lowest BCUT2D eigenvalue weighted by molar-refractivity contribution is -0.132. The van der Waals surface area contributed by atoms with Crippen LogP contribution in [-0.2, 0) is 4.79 Å². The Bertz CT molecular complexity index is 803. The average Bonchev–Trinajstić information content (AvgIpc) is 2.59. The van der Waals surface area contributed by atoms with E-state index in [4.69, 9.17) is 0 Å². The number of benzene rings is 1. The predicted molar refractivity (Wildman–Crippen MR) is 101 cm³/mol. The molecule has 0 fully saturated rings. The van der Waals surface area contributed by atoms with E-state index in [1.807, 2.05) is 26.8 Å². The molecule has 0 bridgehead atoms. The molecule has 2 rings (SSSR count). The lowest BCUT2D eigenvalue weighted by Gasteiger charge is -2.42. The molecule has 0 heterocycles. The van der Waals surface area contributed by atoms with E-state index in [1.54, 1.807) is 0 Å². The maximum Gasteiger partial charge on any atom is 0.331 e. The zero-order valence-corrected chi connectivity index (χ0v) is 15.8. The molecule has 0 amide bonds. The molecule has 1 aliphatic rings. The lowest BCUT2D eigenvalue weighted by atomic mass is 9.65. The second-order valence-corrected chi connectivity index (χ2v) is 7.65. The van der Waals surface area contributed by atoms with Gasteiger partial charge in [0.15, 0.2) is 5.78 Å². The third-order valence-electron chi connectivity index (χ3n) is 5.48. The van der Waals surface area contributed by atoms with Gasteiger partial charge in [-0.3, -0.25) is 4.79 Å². The number of aliphatic hydroxyl groups excluding tert-OH is 1. The summed E-state index contributed by atoms with van der Waals surface area (Å²) in [7, 11) is 0. The second kappa shape index (κ2) is 7.96. The number of aliphatic carboxylic acids is 1. The van der Waals surface area contributed by atoms with Gasteiger partial charge >= 0.3 is 5.97 Å². The highest BCUT2D eigenvalue weighted by Crippen LogP contribution is 2.43. The smallest absolute Gasteiger partial charge is 0.331 e. The molecule has 6 nitrogen and oxygen atoms in total. The first-order valence-electron chi connectivity index (χ1n) is 8.86. The number of hydrogen-bond acceptors (Lipinski definition) is 5. The van der Waals surface area contributed by atoms with E-state index in [1.165, 1.54) is 18.2 Å². The predicted octanol–water partition coefficient (Wildman–Crippen LogP) is 3.43. The lowest BCUT2D eigenvalue weighted by Crippen LogP contribution is -2.39. The van der Waals surface area contributed by atoms with E-state index in [0.717, 1.165) is 11.6 Å². The van der Waals surface area contributed by atoms with Crippen molar-refractivity contribution in [3.05, 3.63) is 47.1 Å². The molecule has 27 heavy (non-hydrogen) atoms. The van der Waals surface area contributed by atoms with Crippen LogP contribution in [0.15, 0.2) is 41.5 Å². The SMILES string of the molecule is CC1=CC[C@H](O)C(C)(C)[C@@H]1C/C=C(/CC(=O)c1cc(O)ccc1O)C(=O)O. The summed E-state index contributed by atoms with van der Waals surface area (Å²) in [4.78, 5) is 24.0. The van der Waals surface area contributed by atoms with Crippen molar-refractivity contribution in [3.8, 4) is 11.5 Å². The number of hydrogen-bond donors (Lipinski definition) is 4. The minimum atomic E-state index is -1.21. The van der Waals surface area contributed by atoms with E-state index in [9.17, 15) is 30.0 Å². The van der Waals surface area contributed by atoms with Crippen LogP contribution in [0.1, 0.15) is 50.4 Å². The standard InChI is InChI=1S/C21H26O6/c1-12-4-9-19(25)21(2,3)16(12)7-5-13(20(26)27)10-18(24)15-11-14(22)6-8-17(15)23/h4-6,8,11,16,19,22-23,25H,7,9-10H2,1-3H3,(H,26,27)/b13-5-/t16-,19+/m1/s1. The summed E-state index contributed by atoms with van der Waals surface area (Å²) in [6.07, 6.45) is 3.52. The Morgan fingerprint density at radius 1 is 1.26 bits per heavy atom. The highest BCUT2D eigenvalue weighted by Gasteiger charge is 2.39. The highest BCUT2D eigenvalue weighted by molar-refractivity contribution is 6.04. The molecule has 0 unspecified atom stereocenters. The molecule has 0 radical (unpaired) electrons. The molecule has 4 N–H and O–H groups in total. The summed E-state index contributed by atoms with van der Waals surface area (Å²) in [5, 5.41) is 39.0. The van der Waals surface area contributed by atoms with Gasteiger partial charge in [-0.15, -0.1) is 0 Å². The van der Waals surface area contributed by atoms with Gasteiger partial charge in [0.25, 0.3) is 0 Å². The van der Waals surface area contributed by atoms with Crippen molar-refractivity contribution in [2.45, 2.75) is 46.1 Å². The van der Waals surface area contributed by atoms with Gasteiger partial charge in [-0.05, 0) is 49.3 Å². The molecular weight excluding hydrogens is 348 g/mol. The fraction of sp³-hybridized carbons (Fsp3) is 0.429. The van der Waals surface area contributed by atoms with E-state index < -0.39 is 29.7 Å². The van der Waals surface area contributed by atoms with Crippen molar-refractivity contribution in [1.82, 2.24) is 0 Å². The van der Waals surface area contributed by atoms with Gasteiger partial charge in [0.1, 0.15) is 11.5 Å². The molecule has 1 aliphatic carbocycles. The number of rotatable bonds is 6. The number of carboxylic acids is 1. The van der Waals surface area contributed by atoms with Crippen LogP contribution in [0.2, 0.25) is 0 Å². The van der Waals surface area contributed by atoms with Crippen molar-refractivity contribution in [3.63, 3.8) is 0 Å². The van der Waals surface area contributed by atoms with Crippen molar-refractivity contribution in [2.24, 2.45) is 11.3 Å². The maximum atomic E-state index is 12.4. The first-order valence-corrected chi connectivity index (χ1v) is 8.86. The monoisotopic (exact) mass is 374 g/mol. The summed E-state index contributed by atoms with van der Waals surface area (Å²) >= 11 is 0. The molecular formula is C21H26O6. The minimum Gasteiger partial charge on any atom is -0.508 e. The molecule has 0 saturated carbocycles. The Balaban J connectivity index is 2.23. The van der Waals surface area contributed by atoms with Gasteiger partial charge in [-0.1, -0.05) is 31.6 Å². The van der Waals surface area contributed by atoms with Crippen LogP contribution in [0, 0.1) is 11.3 Å². The summed E-state index contributed by atoms with van der Waals surface area (Å²) in [5.74, 6) is -2.33. The number of ketones is 1. The van der Waals surface area contributed by atoms with E-state index in [0.29, 0.717) is 12.8 Å². The number of allylic oxidation sites excluding steroid dienone is 2. The Hall–Kier alpha value is -2.60. The Morgan fingerprint density at radius 3 is 2.56 bits per heavy atom. The van der Waals surface area contributed by atoms with Crippen molar-refractivity contribution < 1.29 is 30.0 Å². The third kappa shape index (κ3) is 4.57. The molecule has 1 aromatic rings. The van der Waals surface area contributed by atoms with Crippen LogP contribution in [-0.4, -0.2) is 38.3 Å². The van der Waals surface area contributed by atoms with Gasteiger partial charge in [0, 0.05) is 12.0 Å². The second-order valence-electron chi connectivity index (χ2n) is 7.65. The molecule has 0 aliphatic heterocycles. The first kappa shape index (κ1) is 20.7. The van der Waals surface area contributed by atoms with Gasteiger partial charge in [-0.2, -0.15) is 0 Å². The van der Waals surface area contributed by atoms with Gasteiger partial charge in [0.05, 0.1) is 11.7 Å². The van der Waals surface area contributed by atoms with Crippen LogP contribution in [0.25, 0.3) is 0 Å². The molecule has 0 saturated heterocycles. The number of aliphatic hydroxyl groups is 1. The van der Waals surface area contributed by atoms with Crippen LogP contribution in [0.4, 0.5) is 0 Å². The molecule has 1 aromatic carbocycles. The number of aromatic hydroxyl groups is 2. The average molecular weight is 374 g/mol. The summed E-state index contributed by atoms with van der Waals surface area (Å²) in [6.45, 7) is 5.86. The van der Waals surface area contributed by atoms with Crippen LogP contribution >= 0.6 is 0 Å². The number of carbonyl (C=O) groups excluding carboxylic acids is 1. The molecule has 0 aromatic heterocycles. The fourth-order valence-electron chi connectivity index (χ4n) is 3.56. The van der Waals surface area contributed by atoms with Gasteiger partial charge in [-0.25, -0.2) is 4.79 Å². The van der Waals surface area contributed by atoms with Crippen molar-refractivity contribution in [1.29, 1.82) is 0 Å². The number of carboxylic acid groups (broad SMARTS) is 1. The Kier molecular flexibility index (Phi) is 6.11. The Morgan fingerprint density at radius 2 is 1.93 bits per heavy atom. The van der Waals surface area contributed by atoms with Crippen LogP contribution in [0.3, 0.4) is 0 Å². The molecule has 2 atom stereocenters. The van der Waals surface area contributed by atoms with E-state index in [2.05, 4.69) is 0 Å². The number of carbonyl (C=O) groups is 2. The largest absolute Gasteiger partial charge is 0.508 e. The van der Waals surface area contributed by atoms with Crippen molar-refractivity contribution >= 4 is 11.8 Å². The van der Waals surface area contributed by atoms with Crippen molar-refractivity contribution in [2.75, 3.05) is 0 Å². The van der Waals surface area contributed by atoms with Gasteiger partial charge in [0.2, 0.25) is 0 Å². The highest BCUT2D eigenvalue weighted by atomic mass is 16.4. The van der Waals surface area contributed by atoms with Gasteiger partial charge < -0.3 is 20.4 Å². The zero-order chi connectivity index (χ0) is 20.4. The number of phenolic OH excluding ortho intramolecular Hbond substituents is 2.